The molecule has 1 aromatic heterocycles. The zero-order valence-electron chi connectivity index (χ0n) is 19.1. The number of benzene rings is 3. The van der Waals surface area contributed by atoms with Crippen LogP contribution >= 0.6 is 0 Å². The molecule has 170 valence electrons. The van der Waals surface area contributed by atoms with Gasteiger partial charge in [-0.2, -0.15) is 0 Å². The summed E-state index contributed by atoms with van der Waals surface area (Å²) in [7, 11) is 1.64. The van der Waals surface area contributed by atoms with Gasteiger partial charge in [0.25, 0.3) is 0 Å². The third kappa shape index (κ3) is 4.87. The minimum absolute atomic E-state index is 0.0381. The topological polar surface area (TPSA) is 68.5 Å². The van der Waals surface area contributed by atoms with Gasteiger partial charge in [-0.25, -0.2) is 4.79 Å². The van der Waals surface area contributed by atoms with Crippen molar-refractivity contribution in [2.24, 2.45) is 0 Å². The molecule has 1 atom stereocenters. The van der Waals surface area contributed by atoms with Gasteiger partial charge in [0.05, 0.1) is 18.2 Å². The van der Waals surface area contributed by atoms with Gasteiger partial charge in [-0.05, 0) is 53.9 Å². The van der Waals surface area contributed by atoms with Crippen LogP contribution in [0.25, 0.3) is 10.9 Å². The molecule has 4 aromatic rings. The summed E-state index contributed by atoms with van der Waals surface area (Å²) >= 11 is 0. The van der Waals surface area contributed by atoms with Crippen molar-refractivity contribution >= 4 is 16.9 Å². The molecule has 0 fully saturated rings. The number of rotatable bonds is 6. The lowest BCUT2D eigenvalue weighted by Crippen LogP contribution is -2.14. The maximum Gasteiger partial charge on any atom is 0.335 e. The molecule has 1 unspecified atom stereocenters. The summed E-state index contributed by atoms with van der Waals surface area (Å²) in [5.41, 5.74) is 3.51. The summed E-state index contributed by atoms with van der Waals surface area (Å²) in [5.74, 6) is 3.23. The van der Waals surface area contributed by atoms with Gasteiger partial charge in [-0.1, -0.05) is 49.2 Å². The lowest BCUT2D eigenvalue weighted by Gasteiger charge is -2.11. The van der Waals surface area contributed by atoms with Gasteiger partial charge in [-0.15, -0.1) is 0 Å². The summed E-state index contributed by atoms with van der Waals surface area (Å²) in [6.45, 7) is 2.10. The van der Waals surface area contributed by atoms with E-state index in [0.717, 1.165) is 28.8 Å². The van der Waals surface area contributed by atoms with Crippen molar-refractivity contribution in [1.82, 2.24) is 4.57 Å². The van der Waals surface area contributed by atoms with Crippen LogP contribution in [0.3, 0.4) is 0 Å². The number of pyridine rings is 1. The van der Waals surface area contributed by atoms with Crippen molar-refractivity contribution in [2.45, 2.75) is 25.7 Å². The Bertz CT molecular complexity index is 1440. The summed E-state index contributed by atoms with van der Waals surface area (Å²) in [5, 5.41) is 9.73. The number of fused-ring (bicyclic) bond motifs is 1. The predicted molar refractivity (Wildman–Crippen MR) is 134 cm³/mol. The van der Waals surface area contributed by atoms with Gasteiger partial charge in [0.2, 0.25) is 0 Å². The number of hydrogen-bond acceptors (Lipinski definition) is 3. The second kappa shape index (κ2) is 10.1. The van der Waals surface area contributed by atoms with Crippen LogP contribution in [-0.4, -0.2) is 22.8 Å². The highest BCUT2D eigenvalue weighted by atomic mass is 16.5. The highest BCUT2D eigenvalue weighted by Gasteiger charge is 2.11. The minimum Gasteiger partial charge on any atom is -0.497 e. The van der Waals surface area contributed by atoms with E-state index < -0.39 is 5.97 Å². The highest BCUT2D eigenvalue weighted by Crippen LogP contribution is 2.22. The fourth-order valence-electron chi connectivity index (χ4n) is 3.94. The monoisotopic (exact) mass is 451 g/mol. The van der Waals surface area contributed by atoms with E-state index >= 15 is 0 Å². The number of ether oxygens (including phenoxy) is 1. The van der Waals surface area contributed by atoms with Crippen LogP contribution < -0.4 is 10.2 Å². The van der Waals surface area contributed by atoms with Crippen molar-refractivity contribution in [3.05, 3.63) is 111 Å². The van der Waals surface area contributed by atoms with Crippen molar-refractivity contribution in [3.8, 4) is 17.7 Å². The van der Waals surface area contributed by atoms with E-state index in [1.165, 1.54) is 0 Å². The summed E-state index contributed by atoms with van der Waals surface area (Å²) in [6.07, 6.45) is 3.03. The van der Waals surface area contributed by atoms with Crippen molar-refractivity contribution in [1.29, 1.82) is 0 Å². The molecule has 1 N–H and O–H groups in total. The van der Waals surface area contributed by atoms with Crippen LogP contribution in [0.2, 0.25) is 0 Å². The first-order chi connectivity index (χ1) is 16.5. The minimum atomic E-state index is -0.975. The van der Waals surface area contributed by atoms with Gasteiger partial charge in [0, 0.05) is 35.5 Å². The Labute approximate surface area is 198 Å². The molecule has 0 radical (unpaired) electrons. The first kappa shape index (κ1) is 22.9. The number of carboxylic acid groups (broad SMARTS) is 1. The molecule has 34 heavy (non-hydrogen) atoms. The van der Waals surface area contributed by atoms with E-state index in [1.807, 2.05) is 53.1 Å². The van der Waals surface area contributed by atoms with Crippen molar-refractivity contribution in [2.75, 3.05) is 7.11 Å². The lowest BCUT2D eigenvalue weighted by atomic mass is 9.97. The van der Waals surface area contributed by atoms with Crippen LogP contribution in [-0.2, 0) is 6.42 Å². The first-order valence-corrected chi connectivity index (χ1v) is 11.1. The summed E-state index contributed by atoms with van der Waals surface area (Å²) in [4.78, 5) is 24.3. The molecule has 0 amide bonds. The number of nitrogens with zero attached hydrogens (tertiary/aromatic N) is 1. The normalized spacial score (nSPS) is 11.5. The molecule has 5 heteroatoms. The fraction of sp³-hybridized carbons (Fsp3) is 0.172. The van der Waals surface area contributed by atoms with E-state index in [-0.39, 0.29) is 16.9 Å². The van der Waals surface area contributed by atoms with Gasteiger partial charge < -0.3 is 9.84 Å². The average Bonchev–Trinajstić information content (AvgIpc) is 2.87. The Balaban J connectivity index is 1.73. The Morgan fingerprint density at radius 1 is 1.03 bits per heavy atom. The maximum atomic E-state index is 13.2. The molecule has 0 bridgehead atoms. The molecule has 0 aliphatic rings. The zero-order valence-corrected chi connectivity index (χ0v) is 19.1. The number of para-hydroxylation sites is 1. The van der Waals surface area contributed by atoms with E-state index in [9.17, 15) is 9.59 Å². The predicted octanol–water partition coefficient (Wildman–Crippen LogP) is 5.30. The Morgan fingerprint density at radius 3 is 2.38 bits per heavy atom. The molecule has 0 saturated carbocycles. The van der Waals surface area contributed by atoms with Gasteiger partial charge in [0.15, 0.2) is 5.43 Å². The van der Waals surface area contributed by atoms with Crippen molar-refractivity contribution < 1.29 is 14.6 Å². The summed E-state index contributed by atoms with van der Waals surface area (Å²) < 4.78 is 7.08. The van der Waals surface area contributed by atoms with Crippen LogP contribution in [0.15, 0.2) is 83.8 Å². The number of aromatic carboxylic acids is 1. The second-order valence-corrected chi connectivity index (χ2v) is 8.04. The van der Waals surface area contributed by atoms with E-state index in [1.54, 1.807) is 37.6 Å². The lowest BCUT2D eigenvalue weighted by molar-refractivity contribution is 0.0697. The molecule has 1 heterocycles. The fourth-order valence-corrected chi connectivity index (χ4v) is 3.94. The highest BCUT2D eigenvalue weighted by molar-refractivity contribution is 5.87. The number of methoxy groups -OCH3 is 1. The Hall–Kier alpha value is -4.30. The van der Waals surface area contributed by atoms with E-state index in [0.29, 0.717) is 17.4 Å². The molecule has 0 saturated heterocycles. The van der Waals surface area contributed by atoms with Crippen LogP contribution in [0.5, 0.6) is 5.75 Å². The van der Waals surface area contributed by atoms with Crippen LogP contribution in [0.4, 0.5) is 0 Å². The molecular formula is C29H25NO4. The zero-order chi connectivity index (χ0) is 24.1. The molecule has 5 nitrogen and oxygen atoms in total. The number of carbonyl (C=O) groups is 1. The number of carboxylic acids is 1. The second-order valence-electron chi connectivity index (χ2n) is 8.04. The largest absolute Gasteiger partial charge is 0.497 e. The SMILES string of the molecule is CCC(C#Cn1cc(Cc2ccc(C(=O)O)cc2)c(=O)c2ccccc21)c1ccc(OC)cc1. The third-order valence-corrected chi connectivity index (χ3v) is 5.87. The molecule has 0 aliphatic carbocycles. The van der Waals surface area contributed by atoms with Crippen LogP contribution in [0.1, 0.15) is 46.3 Å². The quantitative estimate of drug-likeness (QED) is 0.404. The Kier molecular flexibility index (Phi) is 6.79. The Morgan fingerprint density at radius 2 is 1.74 bits per heavy atom. The molecular weight excluding hydrogens is 426 g/mol. The van der Waals surface area contributed by atoms with Crippen LogP contribution in [0, 0.1) is 12.0 Å². The number of aromatic nitrogens is 1. The molecule has 0 spiro atoms. The van der Waals surface area contributed by atoms with E-state index in [4.69, 9.17) is 9.84 Å². The van der Waals surface area contributed by atoms with E-state index in [2.05, 4.69) is 18.9 Å². The first-order valence-electron chi connectivity index (χ1n) is 11.1. The molecule has 0 aliphatic heterocycles. The molecule has 4 rings (SSSR count). The summed E-state index contributed by atoms with van der Waals surface area (Å²) in [6, 6.07) is 25.2. The van der Waals surface area contributed by atoms with Gasteiger partial charge in [0.1, 0.15) is 5.75 Å². The standard InChI is InChI=1S/C29H25NO4/c1-3-21(22-12-14-25(34-2)15-13-22)16-17-30-19-24(28(31)26-6-4-5-7-27(26)30)18-20-8-10-23(11-9-20)29(32)33/h4-15,19,21H,3,18H2,1-2H3,(H,32,33). The smallest absolute Gasteiger partial charge is 0.335 e. The number of hydrogen-bond donors (Lipinski definition) is 1. The average molecular weight is 452 g/mol. The van der Waals surface area contributed by atoms with Crippen molar-refractivity contribution in [3.63, 3.8) is 0 Å². The van der Waals surface area contributed by atoms with Gasteiger partial charge in [-0.3, -0.25) is 9.36 Å². The molecule has 3 aromatic carbocycles. The van der Waals surface area contributed by atoms with Gasteiger partial charge >= 0.3 is 5.97 Å². The third-order valence-electron chi connectivity index (χ3n) is 5.87. The maximum absolute atomic E-state index is 13.2.